The summed E-state index contributed by atoms with van der Waals surface area (Å²) in [5.41, 5.74) is 7.21. The molecule has 0 bridgehead atoms. The number of amidine groups is 1. The van der Waals surface area contributed by atoms with Crippen molar-refractivity contribution in [1.29, 1.82) is 5.41 Å². The van der Waals surface area contributed by atoms with E-state index in [1.807, 2.05) is 6.26 Å². The van der Waals surface area contributed by atoms with Crippen molar-refractivity contribution in [2.45, 2.75) is 14.0 Å². The number of sulfone groups is 1. The van der Waals surface area contributed by atoms with Gasteiger partial charge >= 0.3 is 0 Å². The summed E-state index contributed by atoms with van der Waals surface area (Å²) in [6.07, 6.45) is 3.61. The average Bonchev–Trinajstić information content (AvgIpc) is 3.20. The third-order valence-corrected chi connectivity index (χ3v) is 8.80. The molecule has 138 valence electrons. The number of nitrogens with one attached hydrogen (secondary N) is 2. The van der Waals surface area contributed by atoms with E-state index in [1.165, 1.54) is 29.2 Å². The Morgan fingerprint density at radius 1 is 1.54 bits per heavy atom. The van der Waals surface area contributed by atoms with Gasteiger partial charge < -0.3 is 16.0 Å². The van der Waals surface area contributed by atoms with Gasteiger partial charge in [0.2, 0.25) is 9.84 Å². The Bertz CT molecular complexity index is 1000. The Morgan fingerprint density at radius 2 is 2.27 bits per heavy atom. The lowest BCUT2D eigenvalue weighted by molar-refractivity contribution is 0.595. The topological polar surface area (TPSA) is 99.3 Å². The summed E-state index contributed by atoms with van der Waals surface area (Å²) in [7, 11) is -3.74. The summed E-state index contributed by atoms with van der Waals surface area (Å²) in [5, 5.41) is 10.8. The van der Waals surface area contributed by atoms with E-state index in [0.29, 0.717) is 26.8 Å². The van der Waals surface area contributed by atoms with Crippen LogP contribution in [0.3, 0.4) is 0 Å². The quantitative estimate of drug-likeness (QED) is 0.256. The van der Waals surface area contributed by atoms with Gasteiger partial charge in [-0.1, -0.05) is 6.08 Å². The standard InChI is InChI=1S/C16H17BrN4O2S3/c1-3-4-21-8-20-11-6-9(5-10(17)14(11)21)26(22,23)13-7-12(15(18)19)25-16(13)24-2/h3,5-7,20H,1,4,8H2,2H3,(H3,18,19). The highest BCUT2D eigenvalue weighted by Crippen LogP contribution is 2.43. The van der Waals surface area contributed by atoms with Crippen LogP contribution >= 0.6 is 39.0 Å². The predicted molar refractivity (Wildman–Crippen MR) is 113 cm³/mol. The SMILES string of the molecule is C=CCN1CNc2cc(S(=O)(=O)c3cc(C(=N)N)sc3SC)cc(Br)c21. The Morgan fingerprint density at radius 3 is 2.88 bits per heavy atom. The molecule has 0 spiro atoms. The van der Waals surface area contributed by atoms with Crippen molar-refractivity contribution in [3.63, 3.8) is 0 Å². The number of anilines is 2. The van der Waals surface area contributed by atoms with E-state index in [1.54, 1.807) is 18.2 Å². The van der Waals surface area contributed by atoms with Gasteiger partial charge in [0.15, 0.2) is 0 Å². The van der Waals surface area contributed by atoms with E-state index < -0.39 is 9.84 Å². The van der Waals surface area contributed by atoms with Gasteiger partial charge in [-0.25, -0.2) is 8.42 Å². The first kappa shape index (κ1) is 19.3. The van der Waals surface area contributed by atoms with Crippen molar-refractivity contribution >= 4 is 66.1 Å². The summed E-state index contributed by atoms with van der Waals surface area (Å²) in [6.45, 7) is 5.00. The lowest BCUT2D eigenvalue weighted by Gasteiger charge is -2.17. The molecule has 0 saturated heterocycles. The third kappa shape index (κ3) is 3.26. The van der Waals surface area contributed by atoms with Gasteiger partial charge in [0, 0.05) is 11.0 Å². The molecule has 2 aromatic rings. The normalized spacial score (nSPS) is 13.4. The second-order valence-corrected chi connectivity index (χ2v) is 10.4. The highest BCUT2D eigenvalue weighted by atomic mass is 79.9. The molecule has 1 aromatic heterocycles. The van der Waals surface area contributed by atoms with Crippen molar-refractivity contribution in [3.8, 4) is 0 Å². The number of nitrogen functional groups attached to an aromatic ring is 1. The van der Waals surface area contributed by atoms with Crippen molar-refractivity contribution < 1.29 is 8.42 Å². The number of fused-ring (bicyclic) bond motifs is 1. The molecule has 0 amide bonds. The smallest absolute Gasteiger partial charge is 0.208 e. The zero-order chi connectivity index (χ0) is 19.1. The molecule has 1 aliphatic heterocycles. The van der Waals surface area contributed by atoms with Crippen LogP contribution in [0.25, 0.3) is 0 Å². The minimum atomic E-state index is -3.74. The molecule has 6 nitrogen and oxygen atoms in total. The molecule has 0 atom stereocenters. The monoisotopic (exact) mass is 472 g/mol. The Labute approximate surface area is 169 Å². The van der Waals surface area contributed by atoms with Crippen LogP contribution in [0.5, 0.6) is 0 Å². The number of nitrogens with zero attached hydrogens (tertiary/aromatic N) is 1. The van der Waals surface area contributed by atoms with Crippen LogP contribution in [0.4, 0.5) is 11.4 Å². The molecule has 10 heteroatoms. The van der Waals surface area contributed by atoms with Crippen LogP contribution < -0.4 is 16.0 Å². The summed E-state index contributed by atoms with van der Waals surface area (Å²) < 4.78 is 27.7. The van der Waals surface area contributed by atoms with Crippen LogP contribution in [0, 0.1) is 5.41 Å². The van der Waals surface area contributed by atoms with Crippen molar-refractivity contribution in [2.24, 2.45) is 5.73 Å². The molecule has 1 aliphatic rings. The second-order valence-electron chi connectivity index (χ2n) is 5.53. The predicted octanol–water partition coefficient (Wildman–Crippen LogP) is 3.72. The molecule has 0 radical (unpaired) electrons. The molecule has 0 saturated carbocycles. The minimum Gasteiger partial charge on any atom is -0.383 e. The maximum absolute atomic E-state index is 13.2. The van der Waals surface area contributed by atoms with Gasteiger partial charge in [-0.05, 0) is 40.4 Å². The average molecular weight is 473 g/mol. The van der Waals surface area contributed by atoms with Crippen LogP contribution in [0.2, 0.25) is 0 Å². The number of benzene rings is 1. The van der Waals surface area contributed by atoms with E-state index in [0.717, 1.165) is 11.4 Å². The molecule has 0 unspecified atom stereocenters. The second kappa shape index (κ2) is 7.26. The number of halogens is 1. The van der Waals surface area contributed by atoms with Gasteiger partial charge in [0.25, 0.3) is 0 Å². The highest BCUT2D eigenvalue weighted by Gasteiger charge is 2.29. The van der Waals surface area contributed by atoms with E-state index in [2.05, 4.69) is 32.7 Å². The van der Waals surface area contributed by atoms with Crippen molar-refractivity contribution in [3.05, 3.63) is 40.2 Å². The number of thioether (sulfide) groups is 1. The summed E-state index contributed by atoms with van der Waals surface area (Å²) in [5.74, 6) is -0.136. The fourth-order valence-corrected chi connectivity index (χ4v) is 7.48. The van der Waals surface area contributed by atoms with E-state index in [9.17, 15) is 8.42 Å². The van der Waals surface area contributed by atoms with Gasteiger partial charge in [-0.2, -0.15) is 0 Å². The first-order valence-corrected chi connectivity index (χ1v) is 11.8. The first-order chi connectivity index (χ1) is 12.3. The van der Waals surface area contributed by atoms with Crippen LogP contribution in [0.15, 0.2) is 49.3 Å². The Hall–Kier alpha value is -1.49. The summed E-state index contributed by atoms with van der Waals surface area (Å²) in [6, 6.07) is 4.74. The zero-order valence-corrected chi connectivity index (χ0v) is 17.9. The van der Waals surface area contributed by atoms with Crippen molar-refractivity contribution in [1.82, 2.24) is 0 Å². The van der Waals surface area contributed by atoms with Gasteiger partial charge in [0.05, 0.1) is 36.9 Å². The largest absolute Gasteiger partial charge is 0.383 e. The third-order valence-electron chi connectivity index (χ3n) is 3.88. The fraction of sp³-hybridized carbons (Fsp3) is 0.188. The molecule has 1 aromatic carbocycles. The first-order valence-electron chi connectivity index (χ1n) is 7.50. The molecule has 26 heavy (non-hydrogen) atoms. The zero-order valence-electron chi connectivity index (χ0n) is 13.9. The van der Waals surface area contributed by atoms with Crippen LogP contribution in [0.1, 0.15) is 4.88 Å². The van der Waals surface area contributed by atoms with Gasteiger partial charge in [-0.3, -0.25) is 5.41 Å². The number of thiophene rings is 1. The van der Waals surface area contributed by atoms with Crippen LogP contribution in [-0.4, -0.2) is 33.7 Å². The highest BCUT2D eigenvalue weighted by molar-refractivity contribution is 9.10. The molecule has 0 fully saturated rings. The van der Waals surface area contributed by atoms with E-state index in [4.69, 9.17) is 11.1 Å². The molecular formula is C16H17BrN4O2S3. The van der Waals surface area contributed by atoms with Gasteiger partial charge in [-0.15, -0.1) is 29.7 Å². The maximum atomic E-state index is 13.2. The Kier molecular flexibility index (Phi) is 5.38. The fourth-order valence-electron chi connectivity index (χ4n) is 2.70. The lowest BCUT2D eigenvalue weighted by Crippen LogP contribution is -2.22. The molecule has 4 N–H and O–H groups in total. The minimum absolute atomic E-state index is 0.136. The Balaban J connectivity index is 2.11. The lowest BCUT2D eigenvalue weighted by atomic mass is 10.2. The molecule has 3 rings (SSSR count). The summed E-state index contributed by atoms with van der Waals surface area (Å²) in [4.78, 5) is 2.89. The maximum Gasteiger partial charge on any atom is 0.208 e. The number of nitrogens with two attached hydrogens (primary N) is 1. The summed E-state index contributed by atoms with van der Waals surface area (Å²) >= 11 is 6.05. The van der Waals surface area contributed by atoms with E-state index in [-0.39, 0.29) is 15.6 Å². The van der Waals surface area contributed by atoms with Gasteiger partial charge in [0.1, 0.15) is 5.84 Å². The van der Waals surface area contributed by atoms with Crippen LogP contribution in [-0.2, 0) is 9.84 Å². The molecule has 0 aliphatic carbocycles. The number of rotatable bonds is 6. The number of hydrogen-bond acceptors (Lipinski definition) is 7. The molecular weight excluding hydrogens is 456 g/mol. The molecule has 2 heterocycles. The van der Waals surface area contributed by atoms with E-state index >= 15 is 0 Å². The number of hydrogen-bond donors (Lipinski definition) is 3. The van der Waals surface area contributed by atoms with Crippen molar-refractivity contribution in [2.75, 3.05) is 29.7 Å².